The lowest BCUT2D eigenvalue weighted by Gasteiger charge is -2.24. The van der Waals surface area contributed by atoms with Crippen molar-refractivity contribution in [3.8, 4) is 10.8 Å². The molecule has 0 bridgehead atoms. The van der Waals surface area contributed by atoms with Crippen LogP contribution in [0.25, 0.3) is 10.8 Å². The molecule has 0 radical (unpaired) electrons. The van der Waals surface area contributed by atoms with Crippen molar-refractivity contribution in [3.63, 3.8) is 0 Å². The van der Waals surface area contributed by atoms with Gasteiger partial charge in [0.15, 0.2) is 10.8 Å². The SMILES string of the molecule is O=C(NC1(C(=O)O)CCCC1)c1cnc(-c2ccco2)s1. The van der Waals surface area contributed by atoms with Gasteiger partial charge in [-0.3, -0.25) is 4.79 Å². The van der Waals surface area contributed by atoms with Crippen molar-refractivity contribution in [1.82, 2.24) is 10.3 Å². The molecule has 0 atom stereocenters. The predicted octanol–water partition coefficient (Wildman–Crippen LogP) is 2.53. The highest BCUT2D eigenvalue weighted by atomic mass is 32.1. The quantitative estimate of drug-likeness (QED) is 0.905. The van der Waals surface area contributed by atoms with Gasteiger partial charge in [-0.2, -0.15) is 0 Å². The Morgan fingerprint density at radius 1 is 1.38 bits per heavy atom. The van der Waals surface area contributed by atoms with Crippen molar-refractivity contribution in [2.45, 2.75) is 31.2 Å². The lowest BCUT2D eigenvalue weighted by atomic mass is 9.98. The van der Waals surface area contributed by atoms with Gasteiger partial charge in [0.2, 0.25) is 0 Å². The minimum Gasteiger partial charge on any atom is -0.480 e. The molecular weight excluding hydrogens is 292 g/mol. The first kappa shape index (κ1) is 13.8. The van der Waals surface area contributed by atoms with E-state index in [2.05, 4.69) is 10.3 Å². The smallest absolute Gasteiger partial charge is 0.329 e. The van der Waals surface area contributed by atoms with Gasteiger partial charge in [-0.15, -0.1) is 11.3 Å². The largest absolute Gasteiger partial charge is 0.480 e. The van der Waals surface area contributed by atoms with Gasteiger partial charge in [0.1, 0.15) is 10.4 Å². The number of hydrogen-bond acceptors (Lipinski definition) is 5. The molecule has 1 aliphatic carbocycles. The van der Waals surface area contributed by atoms with E-state index in [1.807, 2.05) is 0 Å². The molecule has 0 unspecified atom stereocenters. The van der Waals surface area contributed by atoms with Gasteiger partial charge in [0, 0.05) is 0 Å². The molecule has 2 aromatic rings. The third-order valence-corrected chi connectivity index (χ3v) is 4.69. The van der Waals surface area contributed by atoms with Crippen LogP contribution in [0.15, 0.2) is 29.0 Å². The molecule has 1 amide bonds. The van der Waals surface area contributed by atoms with Gasteiger partial charge in [0.25, 0.3) is 5.91 Å². The van der Waals surface area contributed by atoms with Crippen LogP contribution in [-0.4, -0.2) is 27.5 Å². The number of aromatic nitrogens is 1. The van der Waals surface area contributed by atoms with Crippen molar-refractivity contribution in [1.29, 1.82) is 0 Å². The molecule has 110 valence electrons. The van der Waals surface area contributed by atoms with Crippen LogP contribution in [-0.2, 0) is 4.79 Å². The fourth-order valence-corrected chi connectivity index (χ4v) is 3.32. The van der Waals surface area contributed by atoms with E-state index in [0.717, 1.165) is 12.8 Å². The second-order valence-electron chi connectivity index (χ2n) is 5.06. The Morgan fingerprint density at radius 3 is 2.76 bits per heavy atom. The van der Waals surface area contributed by atoms with Gasteiger partial charge in [0.05, 0.1) is 12.5 Å². The van der Waals surface area contributed by atoms with E-state index in [4.69, 9.17) is 4.42 Å². The number of furan rings is 1. The van der Waals surface area contributed by atoms with Crippen molar-refractivity contribution in [3.05, 3.63) is 29.5 Å². The first-order chi connectivity index (χ1) is 10.1. The fraction of sp³-hybridized carbons (Fsp3) is 0.357. The van der Waals surface area contributed by atoms with Crippen LogP contribution in [0.5, 0.6) is 0 Å². The van der Waals surface area contributed by atoms with Gasteiger partial charge in [-0.05, 0) is 25.0 Å². The highest BCUT2D eigenvalue weighted by molar-refractivity contribution is 7.16. The van der Waals surface area contributed by atoms with E-state index in [9.17, 15) is 14.7 Å². The summed E-state index contributed by atoms with van der Waals surface area (Å²) in [4.78, 5) is 28.2. The highest BCUT2D eigenvalue weighted by Crippen LogP contribution is 2.31. The Kier molecular flexibility index (Phi) is 3.50. The van der Waals surface area contributed by atoms with E-state index in [1.54, 1.807) is 12.1 Å². The number of carbonyl (C=O) groups excluding carboxylic acids is 1. The highest BCUT2D eigenvalue weighted by Gasteiger charge is 2.42. The van der Waals surface area contributed by atoms with E-state index >= 15 is 0 Å². The lowest BCUT2D eigenvalue weighted by molar-refractivity contribution is -0.144. The number of aliphatic carboxylic acids is 1. The number of rotatable bonds is 4. The molecule has 0 spiro atoms. The molecule has 0 aromatic carbocycles. The number of amides is 1. The number of hydrogen-bond donors (Lipinski definition) is 2. The molecule has 21 heavy (non-hydrogen) atoms. The summed E-state index contributed by atoms with van der Waals surface area (Å²) >= 11 is 1.18. The molecule has 2 aromatic heterocycles. The Labute approximate surface area is 124 Å². The topological polar surface area (TPSA) is 92.4 Å². The van der Waals surface area contributed by atoms with Crippen LogP contribution in [0.3, 0.4) is 0 Å². The minimum absolute atomic E-state index is 0.383. The maximum absolute atomic E-state index is 12.3. The third kappa shape index (κ3) is 2.56. The Balaban J connectivity index is 1.78. The molecule has 3 rings (SSSR count). The lowest BCUT2D eigenvalue weighted by Crippen LogP contribution is -2.52. The number of nitrogens with zero attached hydrogens (tertiary/aromatic N) is 1. The van der Waals surface area contributed by atoms with Crippen LogP contribution in [0.4, 0.5) is 0 Å². The summed E-state index contributed by atoms with van der Waals surface area (Å²) < 4.78 is 5.23. The summed E-state index contributed by atoms with van der Waals surface area (Å²) in [5, 5.41) is 12.6. The molecule has 1 fully saturated rings. The van der Waals surface area contributed by atoms with E-state index in [0.29, 0.717) is 28.5 Å². The molecule has 6 nitrogen and oxygen atoms in total. The predicted molar refractivity (Wildman–Crippen MR) is 76.1 cm³/mol. The summed E-state index contributed by atoms with van der Waals surface area (Å²) in [6.45, 7) is 0. The van der Waals surface area contributed by atoms with Gasteiger partial charge in [-0.1, -0.05) is 12.8 Å². The third-order valence-electron chi connectivity index (χ3n) is 3.68. The Hall–Kier alpha value is -2.15. The first-order valence-electron chi connectivity index (χ1n) is 6.66. The van der Waals surface area contributed by atoms with Crippen LogP contribution in [0.1, 0.15) is 35.4 Å². The standard InChI is InChI=1S/C14H14N2O4S/c17-11(16-14(13(18)19)5-1-2-6-14)10-8-15-12(21-10)9-4-3-7-20-9/h3-4,7-8H,1-2,5-6H2,(H,16,17)(H,18,19). The van der Waals surface area contributed by atoms with Gasteiger partial charge < -0.3 is 14.8 Å². The number of carboxylic acid groups (broad SMARTS) is 1. The maximum atomic E-state index is 12.3. The molecule has 0 saturated heterocycles. The Morgan fingerprint density at radius 2 is 2.14 bits per heavy atom. The van der Waals surface area contributed by atoms with Crippen LogP contribution >= 0.6 is 11.3 Å². The van der Waals surface area contributed by atoms with Crippen molar-refractivity contribution >= 4 is 23.2 Å². The summed E-state index contributed by atoms with van der Waals surface area (Å²) in [6, 6.07) is 3.50. The number of carboxylic acids is 1. The molecule has 1 aliphatic rings. The zero-order valence-electron chi connectivity index (χ0n) is 11.2. The first-order valence-corrected chi connectivity index (χ1v) is 7.48. The minimum atomic E-state index is -1.13. The van der Waals surface area contributed by atoms with Crippen molar-refractivity contribution in [2.75, 3.05) is 0 Å². The average molecular weight is 306 g/mol. The monoisotopic (exact) mass is 306 g/mol. The number of carbonyl (C=O) groups is 2. The van der Waals surface area contributed by atoms with Gasteiger partial charge >= 0.3 is 5.97 Å². The molecule has 1 saturated carbocycles. The maximum Gasteiger partial charge on any atom is 0.329 e. The molecule has 0 aliphatic heterocycles. The molecule has 2 N–H and O–H groups in total. The summed E-state index contributed by atoms with van der Waals surface area (Å²) in [6.07, 6.45) is 5.55. The van der Waals surface area contributed by atoms with Crippen molar-refractivity contribution < 1.29 is 19.1 Å². The Bertz CT molecular complexity index is 656. The normalized spacial score (nSPS) is 16.8. The fourth-order valence-electron chi connectivity index (χ4n) is 2.54. The van der Waals surface area contributed by atoms with E-state index < -0.39 is 17.4 Å². The summed E-state index contributed by atoms with van der Waals surface area (Å²) in [7, 11) is 0. The van der Waals surface area contributed by atoms with Crippen molar-refractivity contribution in [2.24, 2.45) is 0 Å². The average Bonchev–Trinajstić information content (AvgIpc) is 3.20. The summed E-state index contributed by atoms with van der Waals surface area (Å²) in [5.74, 6) is -0.772. The van der Waals surface area contributed by atoms with Crippen LogP contribution in [0, 0.1) is 0 Å². The van der Waals surface area contributed by atoms with E-state index in [-0.39, 0.29) is 0 Å². The molecular formula is C14H14N2O4S. The molecule has 7 heteroatoms. The van der Waals surface area contributed by atoms with Gasteiger partial charge in [-0.25, -0.2) is 9.78 Å². The number of nitrogens with one attached hydrogen (secondary N) is 1. The zero-order valence-corrected chi connectivity index (χ0v) is 12.0. The van der Waals surface area contributed by atoms with E-state index in [1.165, 1.54) is 23.8 Å². The summed E-state index contributed by atoms with van der Waals surface area (Å²) in [5.41, 5.74) is -1.13. The van der Waals surface area contributed by atoms with Crippen LogP contribution in [0.2, 0.25) is 0 Å². The number of thiazole rings is 1. The zero-order chi connectivity index (χ0) is 14.9. The van der Waals surface area contributed by atoms with Crippen LogP contribution < -0.4 is 5.32 Å². The second-order valence-corrected chi connectivity index (χ2v) is 6.09. The second kappa shape index (κ2) is 5.33. The molecule has 2 heterocycles.